The molecule has 0 bridgehead atoms. The Labute approximate surface area is 122 Å². The summed E-state index contributed by atoms with van der Waals surface area (Å²) in [5.74, 6) is 0.332. The molecular weight excluding hydrogens is 252 g/mol. The first-order valence-electron chi connectivity index (χ1n) is 7.30. The second kappa shape index (κ2) is 9.75. The van der Waals surface area contributed by atoms with Crippen LogP contribution in [0.25, 0.3) is 0 Å². The third kappa shape index (κ3) is 7.48. The average Bonchev–Trinajstić information content (AvgIpc) is 2.44. The molecule has 1 aromatic rings. The van der Waals surface area contributed by atoms with Crippen molar-refractivity contribution in [3.63, 3.8) is 0 Å². The van der Waals surface area contributed by atoms with E-state index in [2.05, 4.69) is 24.2 Å². The van der Waals surface area contributed by atoms with Gasteiger partial charge in [0.15, 0.2) is 0 Å². The minimum Gasteiger partial charge on any atom is -0.508 e. The molecule has 4 nitrogen and oxygen atoms in total. The van der Waals surface area contributed by atoms with Crippen LogP contribution in [0.3, 0.4) is 0 Å². The maximum absolute atomic E-state index is 9.24. The summed E-state index contributed by atoms with van der Waals surface area (Å²) in [5, 5.41) is 12.8. The molecule has 0 aliphatic carbocycles. The van der Waals surface area contributed by atoms with Gasteiger partial charge in [0.25, 0.3) is 0 Å². The van der Waals surface area contributed by atoms with Crippen molar-refractivity contribution in [3.05, 3.63) is 29.8 Å². The Kier molecular flexibility index (Phi) is 8.26. The predicted octanol–water partition coefficient (Wildman–Crippen LogP) is 1.88. The van der Waals surface area contributed by atoms with Crippen LogP contribution >= 0.6 is 0 Å². The first-order valence-corrected chi connectivity index (χ1v) is 7.30. The van der Waals surface area contributed by atoms with Gasteiger partial charge in [0.2, 0.25) is 0 Å². The molecule has 2 N–H and O–H groups in total. The number of nitrogens with one attached hydrogen (secondary N) is 1. The number of methoxy groups -OCH3 is 1. The van der Waals surface area contributed by atoms with E-state index in [0.29, 0.717) is 11.8 Å². The van der Waals surface area contributed by atoms with E-state index in [1.54, 1.807) is 19.2 Å². The van der Waals surface area contributed by atoms with Crippen molar-refractivity contribution in [2.75, 3.05) is 40.4 Å². The summed E-state index contributed by atoms with van der Waals surface area (Å²) in [7, 11) is 3.85. The Balaban J connectivity index is 2.11. The third-order valence-electron chi connectivity index (χ3n) is 3.47. The zero-order valence-corrected chi connectivity index (χ0v) is 12.9. The molecule has 0 spiro atoms. The largest absolute Gasteiger partial charge is 0.508 e. The molecule has 0 radical (unpaired) electrons. The first kappa shape index (κ1) is 17.0. The van der Waals surface area contributed by atoms with E-state index >= 15 is 0 Å². The molecule has 0 fully saturated rings. The lowest BCUT2D eigenvalue weighted by Crippen LogP contribution is -2.35. The molecule has 1 atom stereocenters. The SMILES string of the molecule is COCCN(C)CCNC(C)CCc1ccc(O)cc1. The molecule has 4 heteroatoms. The van der Waals surface area contributed by atoms with Crippen molar-refractivity contribution >= 4 is 0 Å². The molecule has 0 saturated carbocycles. The van der Waals surface area contributed by atoms with Gasteiger partial charge in [-0.15, -0.1) is 0 Å². The van der Waals surface area contributed by atoms with Crippen molar-refractivity contribution in [2.45, 2.75) is 25.8 Å². The Morgan fingerprint density at radius 1 is 1.25 bits per heavy atom. The van der Waals surface area contributed by atoms with Crippen molar-refractivity contribution < 1.29 is 9.84 Å². The number of phenolic OH excluding ortho intramolecular Hbond substituents is 1. The summed E-state index contributed by atoms with van der Waals surface area (Å²) >= 11 is 0. The number of hydrogen-bond acceptors (Lipinski definition) is 4. The summed E-state index contributed by atoms with van der Waals surface area (Å²) in [4.78, 5) is 2.27. The lowest BCUT2D eigenvalue weighted by Gasteiger charge is -2.19. The van der Waals surface area contributed by atoms with Crippen LogP contribution < -0.4 is 5.32 Å². The second-order valence-electron chi connectivity index (χ2n) is 5.36. The van der Waals surface area contributed by atoms with Gasteiger partial charge < -0.3 is 20.1 Å². The minimum atomic E-state index is 0.332. The second-order valence-corrected chi connectivity index (χ2v) is 5.36. The van der Waals surface area contributed by atoms with Crippen LogP contribution in [0.1, 0.15) is 18.9 Å². The number of benzene rings is 1. The minimum absolute atomic E-state index is 0.332. The smallest absolute Gasteiger partial charge is 0.115 e. The monoisotopic (exact) mass is 280 g/mol. The molecule has 0 aliphatic rings. The Morgan fingerprint density at radius 2 is 1.95 bits per heavy atom. The lowest BCUT2D eigenvalue weighted by molar-refractivity contribution is 0.161. The van der Waals surface area contributed by atoms with E-state index < -0.39 is 0 Å². The third-order valence-corrected chi connectivity index (χ3v) is 3.47. The van der Waals surface area contributed by atoms with Gasteiger partial charge in [-0.1, -0.05) is 12.1 Å². The van der Waals surface area contributed by atoms with Crippen molar-refractivity contribution in [2.24, 2.45) is 0 Å². The highest BCUT2D eigenvalue weighted by Crippen LogP contribution is 2.11. The molecule has 0 aliphatic heterocycles. The summed E-state index contributed by atoms with van der Waals surface area (Å²) in [6, 6.07) is 7.97. The van der Waals surface area contributed by atoms with E-state index in [0.717, 1.165) is 39.1 Å². The van der Waals surface area contributed by atoms with Crippen LogP contribution in [0, 0.1) is 0 Å². The topological polar surface area (TPSA) is 44.7 Å². The quantitative estimate of drug-likeness (QED) is 0.687. The van der Waals surface area contributed by atoms with E-state index in [1.165, 1.54) is 5.56 Å². The molecule has 1 aromatic carbocycles. The average molecular weight is 280 g/mol. The van der Waals surface area contributed by atoms with Gasteiger partial charge in [-0.05, 0) is 44.5 Å². The number of rotatable bonds is 10. The Hall–Kier alpha value is -1.10. The van der Waals surface area contributed by atoms with E-state index in [1.807, 2.05) is 12.1 Å². The highest BCUT2D eigenvalue weighted by molar-refractivity contribution is 5.25. The van der Waals surface area contributed by atoms with Crippen LogP contribution in [0.5, 0.6) is 5.75 Å². The fraction of sp³-hybridized carbons (Fsp3) is 0.625. The van der Waals surface area contributed by atoms with Gasteiger partial charge in [0.1, 0.15) is 5.75 Å². The van der Waals surface area contributed by atoms with Gasteiger partial charge in [0.05, 0.1) is 6.61 Å². The van der Waals surface area contributed by atoms with Crippen LogP contribution in [0.4, 0.5) is 0 Å². The fourth-order valence-electron chi connectivity index (χ4n) is 2.01. The lowest BCUT2D eigenvalue weighted by atomic mass is 10.1. The fourth-order valence-corrected chi connectivity index (χ4v) is 2.01. The molecule has 1 unspecified atom stereocenters. The molecule has 1 rings (SSSR count). The van der Waals surface area contributed by atoms with E-state index in [-0.39, 0.29) is 0 Å². The number of nitrogens with zero attached hydrogens (tertiary/aromatic N) is 1. The highest BCUT2D eigenvalue weighted by Gasteiger charge is 2.03. The van der Waals surface area contributed by atoms with Crippen molar-refractivity contribution in [1.29, 1.82) is 0 Å². The number of aromatic hydroxyl groups is 1. The molecular formula is C16H28N2O2. The predicted molar refractivity (Wildman–Crippen MR) is 83.3 cm³/mol. The molecule has 0 amide bonds. The van der Waals surface area contributed by atoms with E-state index in [9.17, 15) is 5.11 Å². The normalized spacial score (nSPS) is 12.8. The molecule has 0 saturated heterocycles. The molecule has 20 heavy (non-hydrogen) atoms. The van der Waals surface area contributed by atoms with E-state index in [4.69, 9.17) is 4.74 Å². The maximum atomic E-state index is 9.24. The van der Waals surface area contributed by atoms with Gasteiger partial charge in [-0.3, -0.25) is 0 Å². The van der Waals surface area contributed by atoms with Gasteiger partial charge >= 0.3 is 0 Å². The van der Waals surface area contributed by atoms with Crippen LogP contribution in [-0.4, -0.2) is 56.4 Å². The number of hydrogen-bond donors (Lipinski definition) is 2. The zero-order valence-electron chi connectivity index (χ0n) is 12.9. The van der Waals surface area contributed by atoms with Crippen LogP contribution in [-0.2, 0) is 11.2 Å². The molecule has 0 heterocycles. The Morgan fingerprint density at radius 3 is 2.60 bits per heavy atom. The standard InChI is InChI=1S/C16H28N2O2/c1-14(17-10-11-18(2)12-13-20-3)4-5-15-6-8-16(19)9-7-15/h6-9,14,17,19H,4-5,10-13H2,1-3H3. The van der Waals surface area contributed by atoms with Crippen molar-refractivity contribution in [3.8, 4) is 5.75 Å². The summed E-state index contributed by atoms with van der Waals surface area (Å²) in [5.41, 5.74) is 1.27. The van der Waals surface area contributed by atoms with Crippen LogP contribution in [0.2, 0.25) is 0 Å². The molecule has 0 aromatic heterocycles. The number of likely N-dealkylation sites (N-methyl/N-ethyl adjacent to an activating group) is 1. The van der Waals surface area contributed by atoms with Gasteiger partial charge in [-0.25, -0.2) is 0 Å². The van der Waals surface area contributed by atoms with Crippen molar-refractivity contribution in [1.82, 2.24) is 10.2 Å². The zero-order chi connectivity index (χ0) is 14.8. The van der Waals surface area contributed by atoms with Crippen LogP contribution in [0.15, 0.2) is 24.3 Å². The number of ether oxygens (including phenoxy) is 1. The Bertz CT molecular complexity index is 354. The summed E-state index contributed by atoms with van der Waals surface area (Å²) in [6.45, 7) is 6.01. The summed E-state index contributed by atoms with van der Waals surface area (Å²) in [6.07, 6.45) is 2.14. The first-order chi connectivity index (χ1) is 9.61. The van der Waals surface area contributed by atoms with Gasteiger partial charge in [-0.2, -0.15) is 0 Å². The summed E-state index contributed by atoms with van der Waals surface area (Å²) < 4.78 is 5.06. The number of aryl methyl sites for hydroxylation is 1. The highest BCUT2D eigenvalue weighted by atomic mass is 16.5. The van der Waals surface area contributed by atoms with Gasteiger partial charge in [0, 0.05) is 32.8 Å². The maximum Gasteiger partial charge on any atom is 0.115 e. The molecule has 114 valence electrons. The number of phenols is 1.